The fourth-order valence-electron chi connectivity index (χ4n) is 2.70. The summed E-state index contributed by atoms with van der Waals surface area (Å²) in [5.74, 6) is 0.0762. The predicted octanol–water partition coefficient (Wildman–Crippen LogP) is 3.69. The molecule has 1 aliphatic rings. The van der Waals surface area contributed by atoms with Gasteiger partial charge in [0.1, 0.15) is 11.6 Å². The highest BCUT2D eigenvalue weighted by atomic mass is 19.1. The third-order valence-corrected chi connectivity index (χ3v) is 3.77. The number of furan rings is 1. The van der Waals surface area contributed by atoms with Gasteiger partial charge in [-0.3, -0.25) is 0 Å². The maximum Gasteiger partial charge on any atom is 0.337 e. The van der Waals surface area contributed by atoms with E-state index in [2.05, 4.69) is 10.1 Å². The first kappa shape index (κ1) is 13.7. The largest absolute Gasteiger partial charge is 0.469 e. The third kappa shape index (κ3) is 2.63. The minimum absolute atomic E-state index is 0.00473. The van der Waals surface area contributed by atoms with Gasteiger partial charge in [0.2, 0.25) is 0 Å². The molecule has 110 valence electrons. The van der Waals surface area contributed by atoms with Crippen molar-refractivity contribution in [2.24, 2.45) is 0 Å². The summed E-state index contributed by atoms with van der Waals surface area (Å²) in [6.45, 7) is 0. The fraction of sp³-hybridized carbons (Fsp3) is 0.312. The van der Waals surface area contributed by atoms with Gasteiger partial charge in [0.25, 0.3) is 0 Å². The lowest BCUT2D eigenvalue weighted by molar-refractivity contribution is 0.0600. The second-order valence-corrected chi connectivity index (χ2v) is 5.07. The Balaban J connectivity index is 1.87. The number of carbonyl (C=O) groups is 1. The molecule has 1 aliphatic carbocycles. The van der Waals surface area contributed by atoms with Crippen LogP contribution < -0.4 is 5.32 Å². The number of anilines is 1. The van der Waals surface area contributed by atoms with Crippen molar-refractivity contribution in [2.75, 3.05) is 12.4 Å². The minimum Gasteiger partial charge on any atom is -0.469 e. The molecule has 21 heavy (non-hydrogen) atoms. The monoisotopic (exact) mass is 289 g/mol. The molecule has 1 heterocycles. The van der Waals surface area contributed by atoms with E-state index in [0.29, 0.717) is 11.3 Å². The number of ether oxygens (including phenoxy) is 1. The predicted molar refractivity (Wildman–Crippen MR) is 75.7 cm³/mol. The first-order valence-corrected chi connectivity index (χ1v) is 6.89. The maximum atomic E-state index is 14.0. The molecule has 1 aromatic carbocycles. The number of fused-ring (bicyclic) bond motifs is 1. The maximum absolute atomic E-state index is 14.0. The average molecular weight is 289 g/mol. The molecule has 0 radical (unpaired) electrons. The van der Waals surface area contributed by atoms with Gasteiger partial charge < -0.3 is 14.5 Å². The van der Waals surface area contributed by atoms with Crippen LogP contribution in [0.1, 0.15) is 40.6 Å². The van der Waals surface area contributed by atoms with Crippen LogP contribution in [0.2, 0.25) is 0 Å². The van der Waals surface area contributed by atoms with Crippen LogP contribution in [-0.2, 0) is 11.2 Å². The first-order chi connectivity index (χ1) is 10.2. The van der Waals surface area contributed by atoms with Gasteiger partial charge in [0, 0.05) is 12.0 Å². The highest BCUT2D eigenvalue weighted by Gasteiger charge is 2.23. The number of rotatable bonds is 3. The molecule has 1 N–H and O–H groups in total. The quantitative estimate of drug-likeness (QED) is 0.875. The number of aryl methyl sites for hydroxylation is 1. The van der Waals surface area contributed by atoms with Gasteiger partial charge in [-0.2, -0.15) is 0 Å². The van der Waals surface area contributed by atoms with Gasteiger partial charge in [0.05, 0.1) is 30.7 Å². The van der Waals surface area contributed by atoms with Gasteiger partial charge in [-0.1, -0.05) is 0 Å². The molecule has 0 spiro atoms. The SMILES string of the molecule is COC(=O)c1ccc(F)c(NC2CCCc3occc32)c1. The molecule has 0 fully saturated rings. The Morgan fingerprint density at radius 3 is 3.10 bits per heavy atom. The van der Waals surface area contributed by atoms with E-state index in [9.17, 15) is 9.18 Å². The molecule has 0 amide bonds. The summed E-state index contributed by atoms with van der Waals surface area (Å²) in [6.07, 6.45) is 4.45. The first-order valence-electron chi connectivity index (χ1n) is 6.89. The summed E-state index contributed by atoms with van der Waals surface area (Å²) in [7, 11) is 1.30. The molecule has 0 bridgehead atoms. The van der Waals surface area contributed by atoms with E-state index in [-0.39, 0.29) is 6.04 Å². The van der Waals surface area contributed by atoms with Crippen LogP contribution in [-0.4, -0.2) is 13.1 Å². The van der Waals surface area contributed by atoms with Crippen molar-refractivity contribution in [3.8, 4) is 0 Å². The Bertz CT molecular complexity index is 665. The van der Waals surface area contributed by atoms with Crippen LogP contribution in [0, 0.1) is 5.82 Å². The zero-order chi connectivity index (χ0) is 14.8. The van der Waals surface area contributed by atoms with Crippen molar-refractivity contribution in [1.82, 2.24) is 0 Å². The molecule has 4 nitrogen and oxygen atoms in total. The van der Waals surface area contributed by atoms with Gasteiger partial charge in [0.15, 0.2) is 0 Å². The highest BCUT2D eigenvalue weighted by molar-refractivity contribution is 5.90. The van der Waals surface area contributed by atoms with Crippen LogP contribution in [0.5, 0.6) is 0 Å². The second kappa shape index (κ2) is 5.60. The number of methoxy groups -OCH3 is 1. The summed E-state index contributed by atoms with van der Waals surface area (Å²) in [5.41, 5.74) is 1.69. The van der Waals surface area contributed by atoms with Crippen molar-refractivity contribution >= 4 is 11.7 Å². The second-order valence-electron chi connectivity index (χ2n) is 5.07. The lowest BCUT2D eigenvalue weighted by Crippen LogP contribution is -2.17. The molecule has 0 aliphatic heterocycles. The number of nitrogens with one attached hydrogen (secondary N) is 1. The van der Waals surface area contributed by atoms with Crippen molar-refractivity contribution in [2.45, 2.75) is 25.3 Å². The highest BCUT2D eigenvalue weighted by Crippen LogP contribution is 2.34. The normalized spacial score (nSPS) is 17.1. The van der Waals surface area contributed by atoms with E-state index in [1.54, 1.807) is 6.26 Å². The van der Waals surface area contributed by atoms with Crippen LogP contribution in [0.15, 0.2) is 34.9 Å². The van der Waals surface area contributed by atoms with Gasteiger partial charge in [-0.15, -0.1) is 0 Å². The Morgan fingerprint density at radius 1 is 1.43 bits per heavy atom. The summed E-state index contributed by atoms with van der Waals surface area (Å²) >= 11 is 0. The number of esters is 1. The lowest BCUT2D eigenvalue weighted by Gasteiger charge is -2.24. The molecule has 1 aromatic heterocycles. The van der Waals surface area contributed by atoms with E-state index in [1.807, 2.05) is 6.07 Å². The molecule has 1 unspecified atom stereocenters. The van der Waals surface area contributed by atoms with Crippen molar-refractivity contribution in [1.29, 1.82) is 0 Å². The van der Waals surface area contributed by atoms with E-state index in [1.165, 1.54) is 25.3 Å². The molecule has 3 rings (SSSR count). The lowest BCUT2D eigenvalue weighted by atomic mass is 9.93. The summed E-state index contributed by atoms with van der Waals surface area (Å²) < 4.78 is 24.0. The van der Waals surface area contributed by atoms with Crippen LogP contribution >= 0.6 is 0 Å². The van der Waals surface area contributed by atoms with E-state index >= 15 is 0 Å². The summed E-state index contributed by atoms with van der Waals surface area (Å²) in [5, 5.41) is 3.17. The Morgan fingerprint density at radius 2 is 2.29 bits per heavy atom. The number of benzene rings is 1. The summed E-state index contributed by atoms with van der Waals surface area (Å²) in [6, 6.07) is 6.07. The van der Waals surface area contributed by atoms with E-state index < -0.39 is 11.8 Å². The topological polar surface area (TPSA) is 51.5 Å². The van der Waals surface area contributed by atoms with Crippen LogP contribution in [0.4, 0.5) is 10.1 Å². The molecule has 1 atom stereocenters. The standard InChI is InChI=1S/C16H16FNO3/c1-20-16(19)10-5-6-12(17)14(9-10)18-13-3-2-4-15-11(13)7-8-21-15/h5-9,13,18H,2-4H2,1H3. The Hall–Kier alpha value is -2.30. The zero-order valence-electron chi connectivity index (χ0n) is 11.7. The Kier molecular flexibility index (Phi) is 3.64. The van der Waals surface area contributed by atoms with Crippen molar-refractivity contribution < 1.29 is 18.3 Å². The fourth-order valence-corrected chi connectivity index (χ4v) is 2.70. The van der Waals surface area contributed by atoms with Crippen molar-refractivity contribution in [3.05, 3.63) is 53.2 Å². The van der Waals surface area contributed by atoms with Crippen LogP contribution in [0.25, 0.3) is 0 Å². The summed E-state index contributed by atoms with van der Waals surface area (Å²) in [4.78, 5) is 11.5. The average Bonchev–Trinajstić information content (AvgIpc) is 2.98. The van der Waals surface area contributed by atoms with Crippen LogP contribution in [0.3, 0.4) is 0 Å². The van der Waals surface area contributed by atoms with E-state index in [4.69, 9.17) is 4.42 Å². The van der Waals surface area contributed by atoms with Gasteiger partial charge in [-0.05, 0) is 37.1 Å². The molecule has 5 heteroatoms. The molecular formula is C16H16FNO3. The van der Waals surface area contributed by atoms with Gasteiger partial charge in [-0.25, -0.2) is 9.18 Å². The third-order valence-electron chi connectivity index (χ3n) is 3.77. The molecule has 2 aromatic rings. The van der Waals surface area contributed by atoms with Crippen molar-refractivity contribution in [3.63, 3.8) is 0 Å². The Labute approximate surface area is 121 Å². The number of hydrogen-bond donors (Lipinski definition) is 1. The minimum atomic E-state index is -0.481. The molecule has 0 saturated carbocycles. The smallest absolute Gasteiger partial charge is 0.337 e. The van der Waals surface area contributed by atoms with Gasteiger partial charge >= 0.3 is 5.97 Å². The molecular weight excluding hydrogens is 273 g/mol. The molecule has 0 saturated heterocycles. The number of hydrogen-bond acceptors (Lipinski definition) is 4. The van der Waals surface area contributed by atoms with E-state index in [0.717, 1.165) is 30.6 Å². The number of carbonyl (C=O) groups excluding carboxylic acids is 1. The zero-order valence-corrected chi connectivity index (χ0v) is 11.7. The number of halogens is 1.